The van der Waals surface area contributed by atoms with E-state index in [1.807, 2.05) is 0 Å². The molecule has 0 radical (unpaired) electrons. The molecule has 5 heteroatoms. The number of nitrogens with two attached hydrogens (primary N) is 1. The molecule has 3 atom stereocenters. The highest BCUT2D eigenvalue weighted by Gasteiger charge is 2.45. The maximum atomic E-state index is 11.4. The number of hydrogen-bond acceptors (Lipinski definition) is 4. The van der Waals surface area contributed by atoms with Gasteiger partial charge in [0.25, 0.3) is 0 Å². The van der Waals surface area contributed by atoms with Gasteiger partial charge in [-0.15, -0.1) is 0 Å². The van der Waals surface area contributed by atoms with Gasteiger partial charge in [-0.3, -0.25) is 9.69 Å². The van der Waals surface area contributed by atoms with E-state index in [0.717, 1.165) is 44.9 Å². The molecule has 3 N–H and O–H groups in total. The fourth-order valence-electron chi connectivity index (χ4n) is 4.55. The molecule has 0 aromatic heterocycles. The van der Waals surface area contributed by atoms with Gasteiger partial charge in [-0.25, -0.2) is 0 Å². The molecule has 0 spiro atoms. The Kier molecular flexibility index (Phi) is 4.52. The third-order valence-corrected chi connectivity index (χ3v) is 5.98. The van der Waals surface area contributed by atoms with Crippen molar-refractivity contribution in [2.75, 3.05) is 32.7 Å². The van der Waals surface area contributed by atoms with Crippen LogP contribution in [0.5, 0.6) is 0 Å². The Bertz CT molecular complexity index is 390. The number of carboxylic acid groups (broad SMARTS) is 1. The van der Waals surface area contributed by atoms with Crippen LogP contribution < -0.4 is 5.73 Å². The molecule has 0 aromatic carbocycles. The Labute approximate surface area is 127 Å². The number of carbonyl (C=O) groups is 1. The second-order valence-electron chi connectivity index (χ2n) is 7.21. The smallest absolute Gasteiger partial charge is 0.323 e. The van der Waals surface area contributed by atoms with E-state index in [-0.39, 0.29) is 5.92 Å². The molecule has 2 aliphatic heterocycles. The van der Waals surface area contributed by atoms with Crippen molar-refractivity contribution < 1.29 is 9.90 Å². The van der Waals surface area contributed by atoms with E-state index >= 15 is 0 Å². The van der Waals surface area contributed by atoms with Gasteiger partial charge in [0.2, 0.25) is 0 Å². The second kappa shape index (κ2) is 6.23. The summed E-state index contributed by atoms with van der Waals surface area (Å²) in [7, 11) is 0. The van der Waals surface area contributed by atoms with Gasteiger partial charge in [-0.05, 0) is 51.1 Å². The third-order valence-electron chi connectivity index (χ3n) is 5.98. The van der Waals surface area contributed by atoms with Gasteiger partial charge in [0.05, 0.1) is 0 Å². The molecule has 3 unspecified atom stereocenters. The first-order chi connectivity index (χ1) is 10.1. The number of rotatable bonds is 4. The summed E-state index contributed by atoms with van der Waals surface area (Å²) in [5, 5.41) is 9.39. The van der Waals surface area contributed by atoms with E-state index in [9.17, 15) is 9.90 Å². The largest absolute Gasteiger partial charge is 0.480 e. The van der Waals surface area contributed by atoms with Gasteiger partial charge < -0.3 is 15.7 Å². The van der Waals surface area contributed by atoms with Crippen LogP contribution in [0.15, 0.2) is 0 Å². The summed E-state index contributed by atoms with van der Waals surface area (Å²) in [4.78, 5) is 16.6. The average molecular weight is 295 g/mol. The summed E-state index contributed by atoms with van der Waals surface area (Å²) in [6, 6.07) is 0.734. The van der Waals surface area contributed by atoms with Gasteiger partial charge in [0.1, 0.15) is 5.54 Å². The molecule has 0 amide bonds. The number of hydrogen-bond donors (Lipinski definition) is 2. The molecule has 3 aliphatic rings. The lowest BCUT2D eigenvalue weighted by atomic mass is 9.85. The first kappa shape index (κ1) is 15.3. The summed E-state index contributed by atoms with van der Waals surface area (Å²) in [6.45, 7) is 5.76. The first-order valence-electron chi connectivity index (χ1n) is 8.58. The van der Waals surface area contributed by atoms with Gasteiger partial charge in [-0.1, -0.05) is 12.8 Å². The SMILES string of the molecule is NC1(C(=O)O)CCCC1CCN1CCN2CCCCC2C1. The number of piperazine rings is 1. The van der Waals surface area contributed by atoms with Crippen LogP contribution in [0.4, 0.5) is 0 Å². The molecule has 21 heavy (non-hydrogen) atoms. The molecule has 3 fully saturated rings. The van der Waals surface area contributed by atoms with Crippen LogP contribution in [-0.2, 0) is 4.79 Å². The van der Waals surface area contributed by atoms with E-state index in [1.54, 1.807) is 0 Å². The van der Waals surface area contributed by atoms with Crippen LogP contribution in [0, 0.1) is 5.92 Å². The highest BCUT2D eigenvalue weighted by Crippen LogP contribution is 2.36. The summed E-state index contributed by atoms with van der Waals surface area (Å²) in [5.74, 6) is -0.651. The van der Waals surface area contributed by atoms with Crippen molar-refractivity contribution in [1.29, 1.82) is 0 Å². The lowest BCUT2D eigenvalue weighted by Gasteiger charge is -2.44. The lowest BCUT2D eigenvalue weighted by Crippen LogP contribution is -2.56. The molecular formula is C16H29N3O2. The van der Waals surface area contributed by atoms with Crippen molar-refractivity contribution in [3.05, 3.63) is 0 Å². The minimum absolute atomic E-state index is 0.152. The molecule has 2 saturated heterocycles. The molecule has 1 saturated carbocycles. The van der Waals surface area contributed by atoms with E-state index in [0.29, 0.717) is 6.42 Å². The first-order valence-corrected chi connectivity index (χ1v) is 8.58. The quantitative estimate of drug-likeness (QED) is 0.813. The average Bonchev–Trinajstić information content (AvgIpc) is 2.87. The summed E-state index contributed by atoms with van der Waals surface area (Å²) in [5.41, 5.74) is 5.18. The normalized spacial score (nSPS) is 38.3. The second-order valence-corrected chi connectivity index (χ2v) is 7.21. The number of carboxylic acids is 1. The van der Waals surface area contributed by atoms with Crippen LogP contribution in [-0.4, -0.2) is 65.2 Å². The maximum Gasteiger partial charge on any atom is 0.323 e. The molecular weight excluding hydrogens is 266 g/mol. The third kappa shape index (κ3) is 3.10. The van der Waals surface area contributed by atoms with E-state index in [4.69, 9.17) is 5.73 Å². The highest BCUT2D eigenvalue weighted by atomic mass is 16.4. The van der Waals surface area contributed by atoms with Crippen LogP contribution in [0.25, 0.3) is 0 Å². The number of aliphatic carboxylic acids is 1. The molecule has 0 aromatic rings. The van der Waals surface area contributed by atoms with Gasteiger partial charge in [0, 0.05) is 25.7 Å². The summed E-state index contributed by atoms with van der Waals surface area (Å²) < 4.78 is 0. The molecule has 2 heterocycles. The minimum Gasteiger partial charge on any atom is -0.480 e. The summed E-state index contributed by atoms with van der Waals surface area (Å²) >= 11 is 0. The molecule has 5 nitrogen and oxygen atoms in total. The van der Waals surface area contributed by atoms with Crippen molar-refractivity contribution in [2.24, 2.45) is 11.7 Å². The zero-order valence-corrected chi connectivity index (χ0v) is 13.0. The standard InChI is InChI=1S/C16H29N3O2/c17-16(15(20)21)7-3-4-13(16)6-9-18-10-11-19-8-2-1-5-14(19)12-18/h13-14H,1-12,17H2,(H,20,21). The predicted octanol–water partition coefficient (Wildman–Crippen LogP) is 1.13. The number of piperidine rings is 1. The maximum absolute atomic E-state index is 11.4. The van der Waals surface area contributed by atoms with Crippen molar-refractivity contribution in [3.8, 4) is 0 Å². The van der Waals surface area contributed by atoms with Gasteiger partial charge in [-0.2, -0.15) is 0 Å². The van der Waals surface area contributed by atoms with E-state index in [1.165, 1.54) is 32.4 Å². The zero-order chi connectivity index (χ0) is 14.9. The van der Waals surface area contributed by atoms with Crippen molar-refractivity contribution in [1.82, 2.24) is 9.80 Å². The monoisotopic (exact) mass is 295 g/mol. The van der Waals surface area contributed by atoms with Crippen LogP contribution >= 0.6 is 0 Å². The topological polar surface area (TPSA) is 69.8 Å². The van der Waals surface area contributed by atoms with Gasteiger partial charge in [0.15, 0.2) is 0 Å². The predicted molar refractivity (Wildman–Crippen MR) is 82.2 cm³/mol. The molecule has 1 aliphatic carbocycles. The van der Waals surface area contributed by atoms with Gasteiger partial charge >= 0.3 is 5.97 Å². The van der Waals surface area contributed by atoms with Crippen LogP contribution in [0.1, 0.15) is 44.9 Å². The molecule has 120 valence electrons. The Morgan fingerprint density at radius 3 is 2.86 bits per heavy atom. The van der Waals surface area contributed by atoms with Crippen molar-refractivity contribution >= 4 is 5.97 Å². The Hall–Kier alpha value is -0.650. The molecule has 3 rings (SSSR count). The number of nitrogens with zero attached hydrogens (tertiary/aromatic N) is 2. The van der Waals surface area contributed by atoms with E-state index in [2.05, 4.69) is 9.80 Å². The highest BCUT2D eigenvalue weighted by molar-refractivity contribution is 5.79. The fraction of sp³-hybridized carbons (Fsp3) is 0.938. The fourth-order valence-corrected chi connectivity index (χ4v) is 4.55. The van der Waals surface area contributed by atoms with Crippen molar-refractivity contribution in [3.63, 3.8) is 0 Å². The Balaban J connectivity index is 1.50. The van der Waals surface area contributed by atoms with E-state index < -0.39 is 11.5 Å². The lowest BCUT2D eigenvalue weighted by molar-refractivity contribution is -0.144. The minimum atomic E-state index is -0.966. The van der Waals surface area contributed by atoms with Crippen LogP contribution in [0.3, 0.4) is 0 Å². The zero-order valence-electron chi connectivity index (χ0n) is 13.0. The summed E-state index contributed by atoms with van der Waals surface area (Å²) in [6.07, 6.45) is 7.57. The Morgan fingerprint density at radius 2 is 2.05 bits per heavy atom. The van der Waals surface area contributed by atoms with Crippen LogP contribution in [0.2, 0.25) is 0 Å². The molecule has 0 bridgehead atoms. The van der Waals surface area contributed by atoms with Crippen molar-refractivity contribution in [2.45, 2.75) is 56.5 Å². The Morgan fingerprint density at radius 1 is 1.19 bits per heavy atom. The number of fused-ring (bicyclic) bond motifs is 1.